The van der Waals surface area contributed by atoms with Gasteiger partial charge < -0.3 is 27.3 Å². The van der Waals surface area contributed by atoms with E-state index < -0.39 is 31.2 Å². The molecule has 0 bridgehead atoms. The third kappa shape index (κ3) is 2300. The SMILES string of the molecule is O=S(=O)([O-])[O-].O=S(=O)([O-])[O-].O=S(=O)([O-])[O-].[Pb+2].[Sn+4]. The molecule has 98 valence electrons. The summed E-state index contributed by atoms with van der Waals surface area (Å²) in [5.41, 5.74) is 0. The molecule has 0 aliphatic heterocycles. The average molecular weight is 614 g/mol. The van der Waals surface area contributed by atoms with Gasteiger partial charge in [0.2, 0.25) is 0 Å². The van der Waals surface area contributed by atoms with E-state index in [1.807, 2.05) is 0 Å². The van der Waals surface area contributed by atoms with E-state index in [0.29, 0.717) is 0 Å². The molecule has 17 heteroatoms. The van der Waals surface area contributed by atoms with Crippen LogP contribution in [-0.2, 0) is 31.2 Å². The van der Waals surface area contributed by atoms with Crippen molar-refractivity contribution in [2.45, 2.75) is 0 Å². The van der Waals surface area contributed by atoms with E-state index in [0.717, 1.165) is 0 Å². The molecule has 2 radical (unpaired) electrons. The second kappa shape index (κ2) is 12.4. The molecule has 0 fully saturated rings. The molecule has 0 atom stereocenters. The Morgan fingerprint density at radius 3 is 0.471 bits per heavy atom. The Hall–Kier alpha value is 1.33. The maximum Gasteiger partial charge on any atom is 4.00 e. The fourth-order valence-electron chi connectivity index (χ4n) is 0. The third-order valence-electron chi connectivity index (χ3n) is 0. The molecule has 0 amide bonds. The molecule has 0 N–H and O–H groups in total. The van der Waals surface area contributed by atoms with Gasteiger partial charge in [-0.25, -0.2) is 0 Å². The molecule has 0 saturated carbocycles. The molecule has 0 aromatic rings. The van der Waals surface area contributed by atoms with Crippen molar-refractivity contribution in [3.8, 4) is 0 Å². The van der Waals surface area contributed by atoms with E-state index in [9.17, 15) is 0 Å². The summed E-state index contributed by atoms with van der Waals surface area (Å²) >= 11 is 0. The Morgan fingerprint density at radius 2 is 0.471 bits per heavy atom. The number of hydrogen-bond donors (Lipinski definition) is 0. The first-order valence-electron chi connectivity index (χ1n) is 2.00. The molecule has 0 unspecified atom stereocenters. The molecule has 0 aliphatic rings. The first kappa shape index (κ1) is 31.0. The van der Waals surface area contributed by atoms with Crippen LogP contribution in [0, 0.1) is 0 Å². The van der Waals surface area contributed by atoms with Gasteiger partial charge in [-0.1, -0.05) is 0 Å². The molecule has 0 aromatic carbocycles. The molecule has 0 rings (SSSR count). The Bertz CT molecular complexity index is 343. The van der Waals surface area contributed by atoms with Gasteiger partial charge in [0.15, 0.2) is 0 Å². The molecular formula is O12PbS3Sn. The van der Waals surface area contributed by atoms with Crippen molar-refractivity contribution in [2.24, 2.45) is 0 Å². The first-order valence-corrected chi connectivity index (χ1v) is 6.00. The summed E-state index contributed by atoms with van der Waals surface area (Å²) < 4.78 is 102. The topological polar surface area (TPSA) is 241 Å². The first-order chi connectivity index (χ1) is 6.00. The zero-order valence-electron chi connectivity index (χ0n) is 7.12. The van der Waals surface area contributed by atoms with Crippen LogP contribution in [-0.4, -0.2) is 104 Å². The van der Waals surface area contributed by atoms with Crippen LogP contribution >= 0.6 is 0 Å². The predicted octanol–water partition coefficient (Wildman–Crippen LogP) is -4.78. The van der Waals surface area contributed by atoms with Crippen LogP contribution in [0.4, 0.5) is 0 Å². The van der Waals surface area contributed by atoms with Gasteiger partial charge in [0.1, 0.15) is 0 Å². The van der Waals surface area contributed by atoms with E-state index >= 15 is 0 Å². The molecule has 12 nitrogen and oxygen atoms in total. The van der Waals surface area contributed by atoms with Crippen LogP contribution in [0.1, 0.15) is 0 Å². The minimum Gasteiger partial charge on any atom is -0.759 e. The molecule has 0 heterocycles. The average Bonchev–Trinajstić information content (AvgIpc) is 1.41. The predicted molar refractivity (Wildman–Crippen MR) is 42.9 cm³/mol. The maximum absolute atomic E-state index is 8.52. The van der Waals surface area contributed by atoms with E-state index in [-0.39, 0.29) is 51.2 Å². The van der Waals surface area contributed by atoms with Gasteiger partial charge in [-0.05, 0) is 0 Å². The van der Waals surface area contributed by atoms with Crippen LogP contribution in [0.3, 0.4) is 0 Å². The van der Waals surface area contributed by atoms with Crippen LogP contribution in [0.25, 0.3) is 0 Å². The van der Waals surface area contributed by atoms with Crippen molar-refractivity contribution in [2.75, 3.05) is 0 Å². The molecule has 0 aromatic heterocycles. The standard InChI is InChI=1S/3H2O4S.Pb.Sn/c3*1-5(2,3)4;;/h3*(H2,1,2,3,4);;/q;;;+2;+4/p-6. The second-order valence-electron chi connectivity index (χ2n) is 1.22. The molecule has 17 heavy (non-hydrogen) atoms. The summed E-state index contributed by atoms with van der Waals surface area (Å²) in [6.07, 6.45) is 0. The summed E-state index contributed by atoms with van der Waals surface area (Å²) in [5, 5.41) is 0. The Balaban J connectivity index is -0.0000000400. The van der Waals surface area contributed by atoms with Crippen molar-refractivity contribution in [3.05, 3.63) is 0 Å². The molecule has 0 aliphatic carbocycles. The zero-order chi connectivity index (χ0) is 13.5. The monoisotopic (exact) mass is 616 g/mol. The van der Waals surface area contributed by atoms with E-state index in [2.05, 4.69) is 0 Å². The van der Waals surface area contributed by atoms with Gasteiger partial charge in [-0.3, -0.25) is 25.3 Å². The smallest absolute Gasteiger partial charge is 0.759 e. The molecule has 0 spiro atoms. The van der Waals surface area contributed by atoms with Crippen LogP contribution < -0.4 is 0 Å². The minimum absolute atomic E-state index is 0. The Labute approximate surface area is 134 Å². The quantitative estimate of drug-likeness (QED) is 0.142. The largest absolute Gasteiger partial charge is 4.00 e. The van der Waals surface area contributed by atoms with Gasteiger partial charge >= 0.3 is 51.2 Å². The van der Waals surface area contributed by atoms with Gasteiger partial charge in [-0.15, -0.1) is 0 Å². The summed E-state index contributed by atoms with van der Waals surface area (Å²) in [6, 6.07) is 0. The number of hydrogen-bond acceptors (Lipinski definition) is 12. The molecular weight excluding hydrogens is 614 g/mol. The van der Waals surface area contributed by atoms with Crippen LogP contribution in [0.2, 0.25) is 0 Å². The minimum atomic E-state index is -5.17. The van der Waals surface area contributed by atoms with Crippen LogP contribution in [0.15, 0.2) is 0 Å². The second-order valence-corrected chi connectivity index (χ2v) is 3.67. The van der Waals surface area contributed by atoms with E-state index in [1.54, 1.807) is 0 Å². The summed E-state index contributed by atoms with van der Waals surface area (Å²) in [4.78, 5) is 0. The van der Waals surface area contributed by atoms with Gasteiger partial charge in [-0.2, -0.15) is 0 Å². The van der Waals surface area contributed by atoms with Crippen molar-refractivity contribution >= 4 is 82.4 Å². The Kier molecular flexibility index (Phi) is 22.5. The summed E-state index contributed by atoms with van der Waals surface area (Å²) in [7, 11) is -15.5. The van der Waals surface area contributed by atoms with Crippen LogP contribution in [0.5, 0.6) is 0 Å². The van der Waals surface area contributed by atoms with Gasteiger partial charge in [0.25, 0.3) is 0 Å². The van der Waals surface area contributed by atoms with Gasteiger partial charge in [0, 0.05) is 31.2 Å². The molecule has 0 saturated heterocycles. The van der Waals surface area contributed by atoms with Gasteiger partial charge in [0.05, 0.1) is 0 Å². The van der Waals surface area contributed by atoms with E-state index in [4.69, 9.17) is 52.6 Å². The fraction of sp³-hybridized carbons (Fsp3) is 0. The van der Waals surface area contributed by atoms with Crippen molar-refractivity contribution in [3.63, 3.8) is 0 Å². The van der Waals surface area contributed by atoms with Crippen molar-refractivity contribution in [1.82, 2.24) is 0 Å². The third-order valence-corrected chi connectivity index (χ3v) is 0. The summed E-state index contributed by atoms with van der Waals surface area (Å²) in [6.45, 7) is 0. The van der Waals surface area contributed by atoms with Crippen molar-refractivity contribution < 1.29 is 52.6 Å². The number of rotatable bonds is 0. The zero-order valence-corrected chi connectivity index (χ0v) is 16.3. The normalized spacial score (nSPS) is 10.2. The van der Waals surface area contributed by atoms with Crippen molar-refractivity contribution in [1.29, 1.82) is 0 Å². The summed E-state index contributed by atoms with van der Waals surface area (Å²) in [5.74, 6) is 0. The Morgan fingerprint density at radius 1 is 0.471 bits per heavy atom. The maximum atomic E-state index is 8.52. The fourth-order valence-corrected chi connectivity index (χ4v) is 0. The van der Waals surface area contributed by atoms with E-state index in [1.165, 1.54) is 0 Å².